The molecule has 0 saturated carbocycles. The SMILES string of the molecule is C#C/C(C)=C(/N)CCN(C=O)C(F)C(C)CCC. The Kier molecular flexibility index (Phi) is 7.86. The molecule has 0 aromatic carbocycles. The van der Waals surface area contributed by atoms with Crippen molar-refractivity contribution in [3.05, 3.63) is 11.3 Å². The van der Waals surface area contributed by atoms with Crippen molar-refractivity contribution >= 4 is 6.41 Å². The zero-order valence-electron chi connectivity index (χ0n) is 11.4. The number of carbonyl (C=O) groups is 1. The third-order valence-electron chi connectivity index (χ3n) is 3.00. The molecule has 0 heterocycles. The van der Waals surface area contributed by atoms with Gasteiger partial charge in [0, 0.05) is 30.2 Å². The molecule has 0 fully saturated rings. The minimum Gasteiger partial charge on any atom is -0.401 e. The van der Waals surface area contributed by atoms with E-state index in [2.05, 4.69) is 5.92 Å². The predicted octanol–water partition coefficient (Wildman–Crippen LogP) is 2.43. The largest absolute Gasteiger partial charge is 0.401 e. The average Bonchev–Trinajstić information content (AvgIpc) is 2.38. The summed E-state index contributed by atoms with van der Waals surface area (Å²) in [4.78, 5) is 12.0. The first-order valence-corrected chi connectivity index (χ1v) is 6.24. The maximum absolute atomic E-state index is 14.0. The molecule has 0 rings (SSSR count). The summed E-state index contributed by atoms with van der Waals surface area (Å²) < 4.78 is 14.0. The zero-order valence-corrected chi connectivity index (χ0v) is 11.4. The molecule has 0 saturated heterocycles. The van der Waals surface area contributed by atoms with E-state index in [1.165, 1.54) is 0 Å². The smallest absolute Gasteiger partial charge is 0.211 e. The molecular formula is C14H23FN2O. The normalized spacial score (nSPS) is 15.3. The number of nitrogens with two attached hydrogens (primary N) is 1. The van der Waals surface area contributed by atoms with Crippen LogP contribution >= 0.6 is 0 Å². The Hall–Kier alpha value is -1.50. The zero-order chi connectivity index (χ0) is 14.1. The van der Waals surface area contributed by atoms with Gasteiger partial charge in [-0.25, -0.2) is 4.39 Å². The molecule has 0 bridgehead atoms. The number of halogens is 1. The Bertz CT molecular complexity index is 333. The van der Waals surface area contributed by atoms with Gasteiger partial charge in [0.05, 0.1) is 0 Å². The fraction of sp³-hybridized carbons (Fsp3) is 0.643. The van der Waals surface area contributed by atoms with Gasteiger partial charge >= 0.3 is 0 Å². The van der Waals surface area contributed by atoms with E-state index in [1.54, 1.807) is 13.8 Å². The second-order valence-corrected chi connectivity index (χ2v) is 4.53. The van der Waals surface area contributed by atoms with Gasteiger partial charge in [-0.1, -0.05) is 26.2 Å². The molecule has 0 aromatic rings. The molecule has 3 nitrogen and oxygen atoms in total. The number of amides is 1. The number of rotatable bonds is 8. The summed E-state index contributed by atoms with van der Waals surface area (Å²) >= 11 is 0. The highest BCUT2D eigenvalue weighted by Gasteiger charge is 2.22. The standard InChI is InChI=1S/C14H23FN2O/c1-5-7-12(4)14(15)17(10-18)9-8-13(16)11(3)6-2/h2,10,12,14H,5,7-9,16H2,1,3-4H3/b13-11+. The van der Waals surface area contributed by atoms with Crippen molar-refractivity contribution < 1.29 is 9.18 Å². The summed E-state index contributed by atoms with van der Waals surface area (Å²) in [6.45, 7) is 5.78. The number of nitrogens with zero attached hydrogens (tertiary/aromatic N) is 1. The van der Waals surface area contributed by atoms with Gasteiger partial charge in [0.2, 0.25) is 6.41 Å². The molecule has 4 heteroatoms. The molecule has 0 spiro atoms. The monoisotopic (exact) mass is 254 g/mol. The minimum atomic E-state index is -1.26. The van der Waals surface area contributed by atoms with E-state index in [9.17, 15) is 9.18 Å². The molecule has 2 N–H and O–H groups in total. The molecule has 2 unspecified atom stereocenters. The van der Waals surface area contributed by atoms with Crippen molar-refractivity contribution in [1.82, 2.24) is 4.90 Å². The lowest BCUT2D eigenvalue weighted by Crippen LogP contribution is -2.36. The van der Waals surface area contributed by atoms with Crippen molar-refractivity contribution in [3.63, 3.8) is 0 Å². The Labute approximate surface area is 109 Å². The Morgan fingerprint density at radius 1 is 1.61 bits per heavy atom. The van der Waals surface area contributed by atoms with E-state index >= 15 is 0 Å². The fourth-order valence-corrected chi connectivity index (χ4v) is 1.68. The quantitative estimate of drug-likeness (QED) is 0.411. The van der Waals surface area contributed by atoms with E-state index in [1.807, 2.05) is 6.92 Å². The predicted molar refractivity (Wildman–Crippen MR) is 72.1 cm³/mol. The van der Waals surface area contributed by atoms with Crippen LogP contribution in [0.5, 0.6) is 0 Å². The molecule has 1 amide bonds. The fourth-order valence-electron chi connectivity index (χ4n) is 1.68. The Morgan fingerprint density at radius 2 is 2.22 bits per heavy atom. The first-order chi connectivity index (χ1) is 8.47. The van der Waals surface area contributed by atoms with Gasteiger partial charge in [-0.15, -0.1) is 6.42 Å². The second kappa shape index (κ2) is 8.57. The van der Waals surface area contributed by atoms with Crippen LogP contribution in [0.1, 0.15) is 40.0 Å². The molecular weight excluding hydrogens is 231 g/mol. The third-order valence-corrected chi connectivity index (χ3v) is 3.00. The maximum atomic E-state index is 14.0. The van der Waals surface area contributed by atoms with Crippen molar-refractivity contribution in [2.45, 2.75) is 46.3 Å². The van der Waals surface area contributed by atoms with Crippen LogP contribution < -0.4 is 5.73 Å². The summed E-state index contributed by atoms with van der Waals surface area (Å²) in [7, 11) is 0. The van der Waals surface area contributed by atoms with E-state index in [4.69, 9.17) is 12.2 Å². The van der Waals surface area contributed by atoms with Crippen LogP contribution in [0.3, 0.4) is 0 Å². The van der Waals surface area contributed by atoms with Crippen molar-refractivity contribution in [1.29, 1.82) is 0 Å². The Balaban J connectivity index is 4.45. The summed E-state index contributed by atoms with van der Waals surface area (Å²) in [5.74, 6) is 2.27. The van der Waals surface area contributed by atoms with Gasteiger partial charge in [0.25, 0.3) is 0 Å². The second-order valence-electron chi connectivity index (χ2n) is 4.53. The lowest BCUT2D eigenvalue weighted by atomic mass is 10.0. The van der Waals surface area contributed by atoms with Gasteiger partial charge in [0.15, 0.2) is 6.30 Å². The molecule has 0 aliphatic carbocycles. The Morgan fingerprint density at radius 3 is 2.67 bits per heavy atom. The number of carbonyl (C=O) groups excluding carboxylic acids is 1. The van der Waals surface area contributed by atoms with E-state index in [0.29, 0.717) is 24.1 Å². The summed E-state index contributed by atoms with van der Waals surface area (Å²) in [6.07, 6.45) is 6.53. The number of hydrogen-bond acceptors (Lipinski definition) is 2. The van der Waals surface area contributed by atoms with Crippen LogP contribution in [-0.2, 0) is 4.79 Å². The highest BCUT2D eigenvalue weighted by Crippen LogP contribution is 2.17. The number of alkyl halides is 1. The van der Waals surface area contributed by atoms with Crippen molar-refractivity contribution in [2.75, 3.05) is 6.54 Å². The molecule has 0 aliphatic rings. The molecule has 0 aliphatic heterocycles. The van der Waals surface area contributed by atoms with Crippen molar-refractivity contribution in [2.24, 2.45) is 11.7 Å². The lowest BCUT2D eigenvalue weighted by molar-refractivity contribution is -0.125. The molecule has 0 radical (unpaired) electrons. The van der Waals surface area contributed by atoms with Crippen LogP contribution in [0, 0.1) is 18.3 Å². The number of terminal acetylenes is 1. The summed E-state index contributed by atoms with van der Waals surface area (Å²) in [5, 5.41) is 0. The summed E-state index contributed by atoms with van der Waals surface area (Å²) in [6, 6.07) is 0. The van der Waals surface area contributed by atoms with Gasteiger partial charge < -0.3 is 10.6 Å². The first kappa shape index (κ1) is 16.5. The average molecular weight is 254 g/mol. The molecule has 18 heavy (non-hydrogen) atoms. The first-order valence-electron chi connectivity index (χ1n) is 6.24. The van der Waals surface area contributed by atoms with Crippen LogP contribution in [0.25, 0.3) is 0 Å². The van der Waals surface area contributed by atoms with E-state index in [0.717, 1.165) is 17.7 Å². The minimum absolute atomic E-state index is 0.167. The van der Waals surface area contributed by atoms with E-state index in [-0.39, 0.29) is 12.5 Å². The highest BCUT2D eigenvalue weighted by atomic mass is 19.1. The van der Waals surface area contributed by atoms with Gasteiger partial charge in [-0.05, 0) is 13.3 Å². The molecule has 0 aromatic heterocycles. The van der Waals surface area contributed by atoms with Crippen LogP contribution in [0.4, 0.5) is 4.39 Å². The maximum Gasteiger partial charge on any atom is 0.211 e. The third kappa shape index (κ3) is 5.22. The topological polar surface area (TPSA) is 46.3 Å². The molecule has 2 atom stereocenters. The highest BCUT2D eigenvalue weighted by molar-refractivity contribution is 5.47. The number of hydrogen-bond donors (Lipinski definition) is 1. The van der Waals surface area contributed by atoms with E-state index < -0.39 is 6.30 Å². The number of allylic oxidation sites excluding steroid dienone is 1. The van der Waals surface area contributed by atoms with Gasteiger partial charge in [-0.2, -0.15) is 0 Å². The van der Waals surface area contributed by atoms with Crippen LogP contribution in [0.2, 0.25) is 0 Å². The van der Waals surface area contributed by atoms with Crippen LogP contribution in [0.15, 0.2) is 11.3 Å². The lowest BCUT2D eigenvalue weighted by Gasteiger charge is -2.26. The summed E-state index contributed by atoms with van der Waals surface area (Å²) in [5.41, 5.74) is 6.90. The van der Waals surface area contributed by atoms with Gasteiger partial charge in [-0.3, -0.25) is 4.79 Å². The van der Waals surface area contributed by atoms with Gasteiger partial charge in [0.1, 0.15) is 0 Å². The van der Waals surface area contributed by atoms with Crippen molar-refractivity contribution in [3.8, 4) is 12.3 Å². The van der Waals surface area contributed by atoms with Crippen LogP contribution in [-0.4, -0.2) is 24.2 Å². The molecule has 102 valence electrons.